The third kappa shape index (κ3) is 2.48. The van der Waals surface area contributed by atoms with Gasteiger partial charge in [0, 0.05) is 11.8 Å². The fraction of sp³-hybridized carbons (Fsp3) is 0.333. The summed E-state index contributed by atoms with van der Waals surface area (Å²) in [6, 6.07) is 1.21. The molecule has 0 fully saturated rings. The van der Waals surface area contributed by atoms with Crippen LogP contribution in [-0.4, -0.2) is 30.2 Å². The maximum Gasteiger partial charge on any atom is 0.308 e. The predicted molar refractivity (Wildman–Crippen MR) is 56.1 cm³/mol. The van der Waals surface area contributed by atoms with E-state index in [1.165, 1.54) is 19.2 Å². The molecule has 1 rings (SSSR count). The Hall–Kier alpha value is -1.63. The first kappa shape index (κ1) is 12.4. The van der Waals surface area contributed by atoms with Gasteiger partial charge in [0.2, 0.25) is 0 Å². The Balaban J connectivity index is 3.46. The molecule has 1 aromatic rings. The molecule has 0 saturated carbocycles. The zero-order valence-electron chi connectivity index (χ0n) is 8.56. The fourth-order valence-electron chi connectivity index (χ4n) is 1.26. The number of carboxylic acid groups (broad SMARTS) is 1. The lowest BCUT2D eigenvalue weighted by molar-refractivity contribution is -0.136. The van der Waals surface area contributed by atoms with Gasteiger partial charge in [0.25, 0.3) is 5.56 Å². The highest BCUT2D eigenvalue weighted by Gasteiger charge is 2.20. The number of rotatable bonds is 4. The summed E-state index contributed by atoms with van der Waals surface area (Å²) in [6.07, 6.45) is 0.584. The summed E-state index contributed by atoms with van der Waals surface area (Å²) >= 11 is 0. The third-order valence-corrected chi connectivity index (χ3v) is 3.88. The first-order valence-corrected chi connectivity index (χ1v) is 6.19. The second-order valence-corrected chi connectivity index (χ2v) is 5.37. The van der Waals surface area contributed by atoms with Gasteiger partial charge in [0.05, 0.1) is 17.1 Å². The van der Waals surface area contributed by atoms with Crippen molar-refractivity contribution in [2.75, 3.05) is 5.75 Å². The lowest BCUT2D eigenvalue weighted by Gasteiger charge is -2.05. The molecule has 0 saturated heterocycles. The van der Waals surface area contributed by atoms with E-state index in [4.69, 9.17) is 5.11 Å². The molecule has 0 unspecified atom stereocenters. The zero-order valence-corrected chi connectivity index (χ0v) is 9.37. The van der Waals surface area contributed by atoms with Crippen molar-refractivity contribution < 1.29 is 18.3 Å². The Labute approximate surface area is 91.9 Å². The Morgan fingerprint density at radius 1 is 1.50 bits per heavy atom. The first-order valence-electron chi connectivity index (χ1n) is 4.53. The normalized spacial score (nSPS) is 11.3. The van der Waals surface area contributed by atoms with E-state index in [0.29, 0.717) is 0 Å². The summed E-state index contributed by atoms with van der Waals surface area (Å²) in [6.45, 7) is 1.43. The van der Waals surface area contributed by atoms with Crippen molar-refractivity contribution in [3.8, 4) is 0 Å². The largest absolute Gasteiger partial charge is 0.481 e. The molecule has 0 aliphatic heterocycles. The van der Waals surface area contributed by atoms with Gasteiger partial charge in [-0.1, -0.05) is 6.92 Å². The first-order chi connectivity index (χ1) is 7.38. The van der Waals surface area contributed by atoms with Crippen LogP contribution in [0.5, 0.6) is 0 Å². The van der Waals surface area contributed by atoms with Gasteiger partial charge in [-0.2, -0.15) is 0 Å². The van der Waals surface area contributed by atoms with Crippen LogP contribution in [0.2, 0.25) is 0 Å². The number of aromatic amines is 1. The Bertz CT molecular complexity index is 558. The van der Waals surface area contributed by atoms with E-state index >= 15 is 0 Å². The molecule has 0 aliphatic rings. The topological polar surface area (TPSA) is 104 Å². The maximum atomic E-state index is 11.6. The molecule has 88 valence electrons. The van der Waals surface area contributed by atoms with E-state index in [1.54, 1.807) is 0 Å². The van der Waals surface area contributed by atoms with E-state index in [2.05, 4.69) is 4.98 Å². The van der Waals surface area contributed by atoms with Gasteiger partial charge in [-0.05, 0) is 6.07 Å². The van der Waals surface area contributed by atoms with Crippen LogP contribution >= 0.6 is 0 Å². The summed E-state index contributed by atoms with van der Waals surface area (Å²) in [5.74, 6) is -1.42. The van der Waals surface area contributed by atoms with E-state index < -0.39 is 27.8 Å². The van der Waals surface area contributed by atoms with Crippen LogP contribution < -0.4 is 5.56 Å². The number of aliphatic carboxylic acids is 1. The molecule has 0 atom stereocenters. The third-order valence-electron chi connectivity index (χ3n) is 2.06. The number of sulfone groups is 1. The molecule has 16 heavy (non-hydrogen) atoms. The molecule has 0 amide bonds. The number of carboxylic acids is 1. The second kappa shape index (κ2) is 4.48. The van der Waals surface area contributed by atoms with Gasteiger partial charge in [0.15, 0.2) is 9.84 Å². The molecule has 1 aromatic heterocycles. The van der Waals surface area contributed by atoms with Crippen molar-refractivity contribution in [2.45, 2.75) is 18.2 Å². The van der Waals surface area contributed by atoms with Gasteiger partial charge in [-0.3, -0.25) is 9.59 Å². The number of pyridine rings is 1. The van der Waals surface area contributed by atoms with E-state index in [1.807, 2.05) is 0 Å². The summed E-state index contributed by atoms with van der Waals surface area (Å²) < 4.78 is 23.2. The van der Waals surface area contributed by atoms with Crippen molar-refractivity contribution in [3.05, 3.63) is 28.2 Å². The molecule has 0 spiro atoms. The minimum atomic E-state index is -3.58. The average molecular weight is 245 g/mol. The molecule has 2 N–H and O–H groups in total. The minimum Gasteiger partial charge on any atom is -0.481 e. The molecule has 6 nitrogen and oxygen atoms in total. The molecule has 7 heteroatoms. The molecule has 0 aliphatic carbocycles. The average Bonchev–Trinajstić information content (AvgIpc) is 2.20. The SMILES string of the molecule is CCS(=O)(=O)c1cc[nH]c(=O)c1CC(=O)O. The second-order valence-electron chi connectivity index (χ2n) is 3.12. The zero-order chi connectivity index (χ0) is 12.3. The summed E-state index contributed by atoms with van der Waals surface area (Å²) in [4.78, 5) is 23.9. The van der Waals surface area contributed by atoms with Crippen LogP contribution in [0, 0.1) is 0 Å². The fourth-order valence-corrected chi connectivity index (χ4v) is 2.38. The molecular weight excluding hydrogens is 234 g/mol. The molecule has 0 radical (unpaired) electrons. The predicted octanol–water partition coefficient (Wildman–Crippen LogP) is -0.204. The number of carbonyl (C=O) groups is 1. The summed E-state index contributed by atoms with van der Waals surface area (Å²) in [5.41, 5.74) is -0.909. The maximum absolute atomic E-state index is 11.6. The highest BCUT2D eigenvalue weighted by atomic mass is 32.2. The molecular formula is C9H11NO5S. The Kier molecular flexibility index (Phi) is 3.48. The van der Waals surface area contributed by atoms with Crippen LogP contribution in [0.3, 0.4) is 0 Å². The smallest absolute Gasteiger partial charge is 0.308 e. The van der Waals surface area contributed by atoms with E-state index in [-0.39, 0.29) is 16.2 Å². The number of H-pyrrole nitrogens is 1. The van der Waals surface area contributed by atoms with Crippen LogP contribution in [0.15, 0.2) is 22.0 Å². The van der Waals surface area contributed by atoms with E-state index in [9.17, 15) is 18.0 Å². The lowest BCUT2D eigenvalue weighted by atomic mass is 10.2. The van der Waals surface area contributed by atoms with Crippen LogP contribution in [0.4, 0.5) is 0 Å². The van der Waals surface area contributed by atoms with E-state index in [0.717, 1.165) is 0 Å². The number of nitrogens with one attached hydrogen (secondary N) is 1. The molecule has 0 aromatic carbocycles. The van der Waals surface area contributed by atoms with Gasteiger partial charge >= 0.3 is 5.97 Å². The Morgan fingerprint density at radius 2 is 2.12 bits per heavy atom. The van der Waals surface area contributed by atoms with Crippen molar-refractivity contribution in [1.82, 2.24) is 4.98 Å². The quantitative estimate of drug-likeness (QED) is 0.764. The number of aromatic nitrogens is 1. The standard InChI is InChI=1S/C9H11NO5S/c1-2-16(14,15)7-3-4-10-9(13)6(7)5-8(11)12/h3-4H,2,5H2,1H3,(H,10,13)(H,11,12). The van der Waals surface area contributed by atoms with Gasteiger partial charge < -0.3 is 10.1 Å². The van der Waals surface area contributed by atoms with Gasteiger partial charge in [0.1, 0.15) is 0 Å². The number of hydrogen-bond donors (Lipinski definition) is 2. The van der Waals surface area contributed by atoms with Gasteiger partial charge in [-0.25, -0.2) is 8.42 Å². The van der Waals surface area contributed by atoms with Crippen LogP contribution in [-0.2, 0) is 21.1 Å². The van der Waals surface area contributed by atoms with Crippen LogP contribution in [0.1, 0.15) is 12.5 Å². The van der Waals surface area contributed by atoms with Crippen molar-refractivity contribution >= 4 is 15.8 Å². The van der Waals surface area contributed by atoms with Crippen molar-refractivity contribution in [1.29, 1.82) is 0 Å². The highest BCUT2D eigenvalue weighted by molar-refractivity contribution is 7.91. The minimum absolute atomic E-state index is 0.178. The van der Waals surface area contributed by atoms with Crippen LogP contribution in [0.25, 0.3) is 0 Å². The number of hydrogen-bond acceptors (Lipinski definition) is 4. The van der Waals surface area contributed by atoms with Gasteiger partial charge in [-0.15, -0.1) is 0 Å². The van der Waals surface area contributed by atoms with Crippen molar-refractivity contribution in [2.24, 2.45) is 0 Å². The Morgan fingerprint density at radius 3 is 2.62 bits per heavy atom. The summed E-state index contributed by atoms with van der Waals surface area (Å²) in [7, 11) is -3.58. The molecule has 0 bridgehead atoms. The summed E-state index contributed by atoms with van der Waals surface area (Å²) in [5, 5.41) is 8.61. The monoisotopic (exact) mass is 245 g/mol. The lowest BCUT2D eigenvalue weighted by Crippen LogP contribution is -2.21. The highest BCUT2D eigenvalue weighted by Crippen LogP contribution is 2.13. The van der Waals surface area contributed by atoms with Crippen molar-refractivity contribution in [3.63, 3.8) is 0 Å². The molecule has 1 heterocycles.